The van der Waals surface area contributed by atoms with Gasteiger partial charge in [0.05, 0.1) is 24.3 Å². The van der Waals surface area contributed by atoms with Gasteiger partial charge in [0.15, 0.2) is 11.6 Å². The molecule has 3 amide bonds. The van der Waals surface area contributed by atoms with Crippen LogP contribution in [0.15, 0.2) is 53.7 Å². The standard InChI is InChI=1S/C30H37F2N5O4/c1-19(18-35-13-15-36(16-14-35)25-9-5-4-8-22(25)28(33)38)7-6-12-37-27(21-10-11-23(31)24(32)17-21)26(29(39)41-3)20(2)34-30(37)40/h4-5,8-11,17,19,27H,6-7,12-16,18H2,1-3H3,(H2,33,38)(H,34,40). The lowest BCUT2D eigenvalue weighted by Crippen LogP contribution is -2.49. The number of primary amides is 1. The molecule has 2 aromatic carbocycles. The van der Waals surface area contributed by atoms with E-state index in [2.05, 4.69) is 22.0 Å². The number of nitrogens with two attached hydrogens (primary N) is 1. The summed E-state index contributed by atoms with van der Waals surface area (Å²) in [6.45, 7) is 8.17. The number of urea groups is 1. The van der Waals surface area contributed by atoms with Crippen molar-refractivity contribution in [1.82, 2.24) is 15.1 Å². The highest BCUT2D eigenvalue weighted by molar-refractivity contribution is 5.98. The molecule has 0 aliphatic carbocycles. The first-order valence-electron chi connectivity index (χ1n) is 13.8. The van der Waals surface area contributed by atoms with E-state index in [-0.39, 0.29) is 5.57 Å². The fraction of sp³-hybridized carbons (Fsp3) is 0.433. The van der Waals surface area contributed by atoms with Crippen molar-refractivity contribution in [2.24, 2.45) is 11.7 Å². The molecule has 0 spiro atoms. The normalized spacial score (nSPS) is 18.8. The number of benzene rings is 2. The maximum absolute atomic E-state index is 14.2. The predicted octanol–water partition coefficient (Wildman–Crippen LogP) is 3.82. The minimum atomic E-state index is -1.05. The number of hydrogen-bond acceptors (Lipinski definition) is 6. The number of hydrogen-bond donors (Lipinski definition) is 2. The lowest BCUT2D eigenvalue weighted by molar-refractivity contribution is -0.137. The number of carbonyl (C=O) groups is 3. The molecule has 0 saturated carbocycles. The van der Waals surface area contributed by atoms with Crippen LogP contribution in [-0.4, -0.2) is 74.1 Å². The minimum absolute atomic E-state index is 0.182. The van der Waals surface area contributed by atoms with Gasteiger partial charge in [0.2, 0.25) is 0 Å². The Kier molecular flexibility index (Phi) is 9.59. The monoisotopic (exact) mass is 569 g/mol. The summed E-state index contributed by atoms with van der Waals surface area (Å²) in [6, 6.07) is 9.46. The van der Waals surface area contributed by atoms with Crippen molar-refractivity contribution in [1.29, 1.82) is 0 Å². The predicted molar refractivity (Wildman–Crippen MR) is 151 cm³/mol. The van der Waals surface area contributed by atoms with Gasteiger partial charge in [0.25, 0.3) is 5.91 Å². The quantitative estimate of drug-likeness (QED) is 0.422. The molecule has 41 heavy (non-hydrogen) atoms. The van der Waals surface area contributed by atoms with Crippen molar-refractivity contribution < 1.29 is 27.9 Å². The Morgan fingerprint density at radius 1 is 1.10 bits per heavy atom. The minimum Gasteiger partial charge on any atom is -0.466 e. The summed E-state index contributed by atoms with van der Waals surface area (Å²) in [6.07, 6.45) is 1.46. The second-order valence-corrected chi connectivity index (χ2v) is 10.6. The maximum Gasteiger partial charge on any atom is 0.337 e. The Labute approximate surface area is 238 Å². The lowest BCUT2D eigenvalue weighted by atomic mass is 9.93. The number of amides is 3. The Morgan fingerprint density at radius 2 is 1.80 bits per heavy atom. The number of esters is 1. The van der Waals surface area contributed by atoms with Crippen LogP contribution >= 0.6 is 0 Å². The average molecular weight is 570 g/mol. The number of nitrogens with zero attached hydrogens (tertiary/aromatic N) is 3. The van der Waals surface area contributed by atoms with Crippen LogP contribution in [0.3, 0.4) is 0 Å². The molecule has 2 aliphatic heterocycles. The number of para-hydroxylation sites is 1. The van der Waals surface area contributed by atoms with Crippen LogP contribution in [0.1, 0.15) is 48.7 Å². The van der Waals surface area contributed by atoms with E-state index in [0.29, 0.717) is 35.7 Å². The highest BCUT2D eigenvalue weighted by Gasteiger charge is 2.38. The van der Waals surface area contributed by atoms with E-state index in [1.54, 1.807) is 13.0 Å². The fourth-order valence-electron chi connectivity index (χ4n) is 5.68. The third kappa shape index (κ3) is 6.84. The van der Waals surface area contributed by atoms with Crippen molar-refractivity contribution in [2.75, 3.05) is 51.3 Å². The van der Waals surface area contributed by atoms with Crippen LogP contribution in [0.4, 0.5) is 19.3 Å². The summed E-state index contributed by atoms with van der Waals surface area (Å²) in [5.74, 6) is -2.82. The molecule has 0 radical (unpaired) electrons. The van der Waals surface area contributed by atoms with E-state index < -0.39 is 35.6 Å². The van der Waals surface area contributed by atoms with Crippen LogP contribution in [0.2, 0.25) is 0 Å². The SMILES string of the molecule is COC(=O)C1=C(C)NC(=O)N(CCCC(C)CN2CCN(c3ccccc3C(N)=O)CC2)C1c1ccc(F)c(F)c1. The van der Waals surface area contributed by atoms with E-state index in [1.165, 1.54) is 18.1 Å². The van der Waals surface area contributed by atoms with Crippen molar-refractivity contribution in [3.63, 3.8) is 0 Å². The van der Waals surface area contributed by atoms with E-state index in [4.69, 9.17) is 10.5 Å². The number of anilines is 1. The van der Waals surface area contributed by atoms with Gasteiger partial charge >= 0.3 is 12.0 Å². The van der Waals surface area contributed by atoms with Gasteiger partial charge in [0.1, 0.15) is 0 Å². The Balaban J connectivity index is 1.36. The summed E-state index contributed by atoms with van der Waals surface area (Å²) in [5, 5.41) is 2.71. The average Bonchev–Trinajstić information content (AvgIpc) is 2.95. The van der Waals surface area contributed by atoms with Gasteiger partial charge in [-0.05, 0) is 55.5 Å². The molecule has 2 aliphatic rings. The van der Waals surface area contributed by atoms with Gasteiger partial charge in [-0.3, -0.25) is 9.69 Å². The zero-order chi connectivity index (χ0) is 29.7. The summed E-state index contributed by atoms with van der Waals surface area (Å²) >= 11 is 0. The second-order valence-electron chi connectivity index (χ2n) is 10.6. The van der Waals surface area contributed by atoms with E-state index in [1.807, 2.05) is 18.2 Å². The van der Waals surface area contributed by atoms with Gasteiger partial charge < -0.3 is 25.6 Å². The Bertz CT molecular complexity index is 1330. The van der Waals surface area contributed by atoms with Crippen LogP contribution in [0.5, 0.6) is 0 Å². The topological polar surface area (TPSA) is 108 Å². The largest absolute Gasteiger partial charge is 0.466 e. The summed E-state index contributed by atoms with van der Waals surface area (Å²) in [4.78, 5) is 43.6. The number of rotatable bonds is 10. The highest BCUT2D eigenvalue weighted by Crippen LogP contribution is 2.35. The van der Waals surface area contributed by atoms with Gasteiger partial charge in [-0.2, -0.15) is 0 Å². The summed E-state index contributed by atoms with van der Waals surface area (Å²) in [5.41, 5.74) is 7.73. The summed E-state index contributed by atoms with van der Waals surface area (Å²) in [7, 11) is 1.24. The first-order chi connectivity index (χ1) is 19.6. The smallest absolute Gasteiger partial charge is 0.337 e. The molecule has 0 bridgehead atoms. The van der Waals surface area contributed by atoms with Gasteiger partial charge in [-0.15, -0.1) is 0 Å². The van der Waals surface area contributed by atoms with Crippen molar-refractivity contribution >= 4 is 23.6 Å². The Hall–Kier alpha value is -3.99. The molecule has 11 heteroatoms. The molecule has 1 saturated heterocycles. The van der Waals surface area contributed by atoms with Crippen molar-refractivity contribution in [2.45, 2.75) is 32.7 Å². The number of methoxy groups -OCH3 is 1. The van der Waals surface area contributed by atoms with Gasteiger partial charge in [-0.1, -0.05) is 25.1 Å². The number of halogens is 2. The number of piperazine rings is 1. The van der Waals surface area contributed by atoms with Gasteiger partial charge in [0, 0.05) is 50.7 Å². The molecular formula is C30H37F2N5O4. The molecular weight excluding hydrogens is 532 g/mol. The van der Waals surface area contributed by atoms with E-state index in [0.717, 1.165) is 57.0 Å². The molecule has 1 fully saturated rings. The fourth-order valence-corrected chi connectivity index (χ4v) is 5.68. The zero-order valence-corrected chi connectivity index (χ0v) is 23.7. The highest BCUT2D eigenvalue weighted by atomic mass is 19.2. The van der Waals surface area contributed by atoms with Gasteiger partial charge in [-0.25, -0.2) is 18.4 Å². The van der Waals surface area contributed by atoms with Crippen LogP contribution < -0.4 is 16.0 Å². The molecule has 2 heterocycles. The molecule has 2 unspecified atom stereocenters. The number of ether oxygens (including phenoxy) is 1. The van der Waals surface area contributed by atoms with E-state index in [9.17, 15) is 23.2 Å². The van der Waals surface area contributed by atoms with Crippen LogP contribution in [0, 0.1) is 17.6 Å². The number of allylic oxidation sites excluding steroid dienone is 1. The lowest BCUT2D eigenvalue weighted by Gasteiger charge is -2.38. The van der Waals surface area contributed by atoms with E-state index >= 15 is 0 Å². The molecule has 3 N–H and O–H groups in total. The number of carbonyl (C=O) groups excluding carboxylic acids is 3. The molecule has 0 aromatic heterocycles. The molecule has 4 rings (SSSR count). The first-order valence-corrected chi connectivity index (χ1v) is 13.8. The molecule has 2 atom stereocenters. The molecule has 220 valence electrons. The molecule has 2 aromatic rings. The Morgan fingerprint density at radius 3 is 2.46 bits per heavy atom. The van der Waals surface area contributed by atoms with Crippen LogP contribution in [-0.2, 0) is 9.53 Å². The number of nitrogens with one attached hydrogen (secondary N) is 1. The third-order valence-electron chi connectivity index (χ3n) is 7.76. The maximum atomic E-state index is 14.2. The van der Waals surface area contributed by atoms with Crippen molar-refractivity contribution in [3.05, 3.63) is 76.5 Å². The van der Waals surface area contributed by atoms with Crippen LogP contribution in [0.25, 0.3) is 0 Å². The third-order valence-corrected chi connectivity index (χ3v) is 7.76. The zero-order valence-electron chi connectivity index (χ0n) is 23.7. The summed E-state index contributed by atoms with van der Waals surface area (Å²) < 4.78 is 32.8. The van der Waals surface area contributed by atoms with Crippen molar-refractivity contribution in [3.8, 4) is 0 Å². The second kappa shape index (κ2) is 13.1. The first kappa shape index (κ1) is 30.0. The molecule has 9 nitrogen and oxygen atoms in total.